The first kappa shape index (κ1) is 24.4. The third kappa shape index (κ3) is 5.84. The monoisotopic (exact) mass is 433 g/mol. The number of carbonyl (C=O) groups is 3. The average molecular weight is 433 g/mol. The van der Waals surface area contributed by atoms with E-state index in [1.165, 1.54) is 4.90 Å². The van der Waals surface area contributed by atoms with E-state index < -0.39 is 29.9 Å². The van der Waals surface area contributed by atoms with Gasteiger partial charge in [0, 0.05) is 31.3 Å². The number of aromatic nitrogens is 1. The van der Waals surface area contributed by atoms with Gasteiger partial charge in [-0.2, -0.15) is 0 Å². The molecule has 0 spiro atoms. The minimum absolute atomic E-state index is 0. The third-order valence-electron chi connectivity index (χ3n) is 4.63. The molecular weight excluding hydrogens is 413 g/mol. The molecule has 156 valence electrons. The summed E-state index contributed by atoms with van der Waals surface area (Å²) in [4.78, 5) is 40.9. The number of rotatable bonds is 7. The van der Waals surface area contributed by atoms with Crippen LogP contribution in [0.5, 0.6) is 5.88 Å². The SMILES string of the molecule is COc1ncccc1-c1ccc(CN2CCC(O)=C(C(=O)NCC(=O)[O-])C2=O)cc1.[Na+]. The van der Waals surface area contributed by atoms with Gasteiger partial charge < -0.3 is 30.0 Å². The Kier molecular flexibility index (Phi) is 8.61. The smallest absolute Gasteiger partial charge is 0.548 e. The van der Waals surface area contributed by atoms with Crippen LogP contribution >= 0.6 is 0 Å². The van der Waals surface area contributed by atoms with Gasteiger partial charge in [-0.15, -0.1) is 0 Å². The van der Waals surface area contributed by atoms with E-state index in [9.17, 15) is 24.6 Å². The molecule has 2 aromatic rings. The summed E-state index contributed by atoms with van der Waals surface area (Å²) in [5.41, 5.74) is 2.11. The molecule has 1 aromatic heterocycles. The summed E-state index contributed by atoms with van der Waals surface area (Å²) in [5.74, 6) is -2.94. The number of amides is 2. The molecule has 10 heteroatoms. The fourth-order valence-electron chi connectivity index (χ4n) is 3.15. The Bertz CT molecular complexity index is 1010. The van der Waals surface area contributed by atoms with Crippen LogP contribution in [0.25, 0.3) is 11.1 Å². The Hall–Kier alpha value is -2.88. The van der Waals surface area contributed by atoms with Gasteiger partial charge in [-0.3, -0.25) is 9.59 Å². The van der Waals surface area contributed by atoms with Crippen LogP contribution in [0.2, 0.25) is 0 Å². The van der Waals surface area contributed by atoms with Crippen LogP contribution < -0.4 is 44.7 Å². The predicted octanol–water partition coefficient (Wildman–Crippen LogP) is -2.83. The Morgan fingerprint density at radius 3 is 2.61 bits per heavy atom. The molecule has 2 N–H and O–H groups in total. The number of aliphatic carboxylic acids is 1. The van der Waals surface area contributed by atoms with E-state index in [4.69, 9.17) is 4.74 Å². The molecule has 2 heterocycles. The summed E-state index contributed by atoms with van der Waals surface area (Å²) >= 11 is 0. The molecule has 9 nitrogen and oxygen atoms in total. The van der Waals surface area contributed by atoms with Crippen molar-refractivity contribution >= 4 is 17.8 Å². The maximum atomic E-state index is 12.7. The molecule has 1 aliphatic heterocycles. The number of carboxylic acids is 1. The van der Waals surface area contributed by atoms with Crippen LogP contribution in [-0.2, 0) is 20.9 Å². The summed E-state index contributed by atoms with van der Waals surface area (Å²) < 4.78 is 5.27. The van der Waals surface area contributed by atoms with Crippen molar-refractivity contribution in [3.8, 4) is 17.0 Å². The molecule has 0 saturated carbocycles. The Balaban J connectivity index is 0.00000341. The average Bonchev–Trinajstić information content (AvgIpc) is 2.75. The standard InChI is InChI=1S/C21H21N3O6.Na/c1-30-20-15(3-2-9-22-20)14-6-4-13(5-7-14)12-24-10-8-16(25)18(21(24)29)19(28)23-11-17(26)27;/h2-7,9,25H,8,10-12H2,1H3,(H,23,28)(H,26,27);/q;+1/p-1. The number of ether oxygens (including phenoxy) is 1. The van der Waals surface area contributed by atoms with Crippen LogP contribution in [0.4, 0.5) is 0 Å². The van der Waals surface area contributed by atoms with Gasteiger partial charge in [0.05, 0.1) is 19.6 Å². The van der Waals surface area contributed by atoms with Crippen molar-refractivity contribution in [3.05, 3.63) is 59.5 Å². The van der Waals surface area contributed by atoms with E-state index in [1.54, 1.807) is 13.3 Å². The second-order valence-corrected chi connectivity index (χ2v) is 6.61. The number of hydrogen-bond acceptors (Lipinski definition) is 7. The molecule has 3 rings (SSSR count). The number of aliphatic hydroxyl groups is 1. The zero-order valence-corrected chi connectivity index (χ0v) is 19.3. The van der Waals surface area contributed by atoms with Crippen molar-refractivity contribution in [2.75, 3.05) is 20.2 Å². The third-order valence-corrected chi connectivity index (χ3v) is 4.63. The first-order chi connectivity index (χ1) is 14.4. The van der Waals surface area contributed by atoms with Crippen molar-refractivity contribution in [3.63, 3.8) is 0 Å². The maximum Gasteiger partial charge on any atom is 1.00 e. The van der Waals surface area contributed by atoms with Crippen LogP contribution in [0.3, 0.4) is 0 Å². The van der Waals surface area contributed by atoms with Crippen LogP contribution in [0.1, 0.15) is 12.0 Å². The first-order valence-electron chi connectivity index (χ1n) is 9.18. The Morgan fingerprint density at radius 2 is 1.97 bits per heavy atom. The van der Waals surface area contributed by atoms with Crippen molar-refractivity contribution < 1.29 is 58.9 Å². The minimum atomic E-state index is -1.49. The second kappa shape index (κ2) is 10.9. The van der Waals surface area contributed by atoms with Gasteiger partial charge in [0.1, 0.15) is 11.3 Å². The number of methoxy groups -OCH3 is 1. The summed E-state index contributed by atoms with van der Waals surface area (Å²) in [5, 5.41) is 22.5. The maximum absolute atomic E-state index is 12.7. The van der Waals surface area contributed by atoms with E-state index in [0.717, 1.165) is 16.7 Å². The largest absolute Gasteiger partial charge is 1.00 e. The molecule has 1 aliphatic rings. The number of nitrogens with zero attached hydrogens (tertiary/aromatic N) is 2. The van der Waals surface area contributed by atoms with Gasteiger partial charge >= 0.3 is 29.6 Å². The zero-order chi connectivity index (χ0) is 21.7. The summed E-state index contributed by atoms with van der Waals surface area (Å²) in [6.07, 6.45) is 1.74. The van der Waals surface area contributed by atoms with Crippen LogP contribution in [0.15, 0.2) is 53.9 Å². The minimum Gasteiger partial charge on any atom is -0.548 e. The van der Waals surface area contributed by atoms with Gasteiger partial charge in [0.25, 0.3) is 11.8 Å². The Morgan fingerprint density at radius 1 is 1.26 bits per heavy atom. The molecule has 1 aromatic carbocycles. The van der Waals surface area contributed by atoms with Crippen molar-refractivity contribution in [2.45, 2.75) is 13.0 Å². The van der Waals surface area contributed by atoms with Gasteiger partial charge in [-0.05, 0) is 23.3 Å². The van der Waals surface area contributed by atoms with Crippen LogP contribution in [-0.4, -0.2) is 53.0 Å². The number of benzene rings is 1. The normalized spacial score (nSPS) is 13.5. The number of hydrogen-bond donors (Lipinski definition) is 2. The number of pyridine rings is 1. The van der Waals surface area contributed by atoms with Crippen molar-refractivity contribution in [1.82, 2.24) is 15.2 Å². The summed E-state index contributed by atoms with van der Waals surface area (Å²) in [6.45, 7) is -0.282. The summed E-state index contributed by atoms with van der Waals surface area (Å²) in [6, 6.07) is 11.2. The van der Waals surface area contributed by atoms with Gasteiger partial charge in [0.2, 0.25) is 5.88 Å². The first-order valence-corrected chi connectivity index (χ1v) is 9.18. The summed E-state index contributed by atoms with van der Waals surface area (Å²) in [7, 11) is 1.55. The zero-order valence-electron chi connectivity index (χ0n) is 17.3. The molecule has 0 fully saturated rings. The molecule has 0 unspecified atom stereocenters. The van der Waals surface area contributed by atoms with E-state index in [1.807, 2.05) is 41.7 Å². The van der Waals surface area contributed by atoms with E-state index in [2.05, 4.69) is 4.98 Å². The van der Waals surface area contributed by atoms with E-state index in [-0.39, 0.29) is 54.8 Å². The number of nitrogens with one attached hydrogen (secondary N) is 1. The van der Waals surface area contributed by atoms with Crippen molar-refractivity contribution in [1.29, 1.82) is 0 Å². The molecule has 0 radical (unpaired) electrons. The van der Waals surface area contributed by atoms with Gasteiger partial charge in [-0.1, -0.05) is 24.3 Å². The topological polar surface area (TPSA) is 132 Å². The predicted molar refractivity (Wildman–Crippen MR) is 104 cm³/mol. The van der Waals surface area contributed by atoms with E-state index in [0.29, 0.717) is 5.88 Å². The van der Waals surface area contributed by atoms with Gasteiger partial charge in [-0.25, -0.2) is 4.98 Å². The van der Waals surface area contributed by atoms with Gasteiger partial charge in [0.15, 0.2) is 0 Å². The molecular formula is C21H20N3NaO6. The molecule has 31 heavy (non-hydrogen) atoms. The molecule has 0 aliphatic carbocycles. The fraction of sp³-hybridized carbons (Fsp3) is 0.238. The molecule has 2 amide bonds. The quantitative estimate of drug-likeness (QED) is 0.355. The van der Waals surface area contributed by atoms with E-state index >= 15 is 0 Å². The molecule has 0 saturated heterocycles. The van der Waals surface area contributed by atoms with Crippen molar-refractivity contribution in [2.24, 2.45) is 0 Å². The molecule has 0 bridgehead atoms. The number of carboxylic acid groups (broad SMARTS) is 1. The number of carbonyl (C=O) groups excluding carboxylic acids is 3. The molecule has 0 atom stereocenters. The second-order valence-electron chi connectivity index (χ2n) is 6.61. The van der Waals surface area contributed by atoms with Crippen LogP contribution in [0, 0.1) is 0 Å². The number of aliphatic hydroxyl groups excluding tert-OH is 1. The fourth-order valence-corrected chi connectivity index (χ4v) is 3.15. The Labute approximate surface area is 201 Å².